The Kier molecular flexibility index (Phi) is 4.36. The van der Waals surface area contributed by atoms with Crippen molar-refractivity contribution in [2.24, 2.45) is 0 Å². The van der Waals surface area contributed by atoms with Crippen molar-refractivity contribution in [3.8, 4) is 0 Å². The lowest BCUT2D eigenvalue weighted by molar-refractivity contribution is 0.949. The molecule has 2 rings (SSSR count). The molecule has 0 amide bonds. The fraction of sp³-hybridized carbons (Fsp3) is 0.333. The van der Waals surface area contributed by atoms with Gasteiger partial charge in [0, 0.05) is 29.6 Å². The summed E-state index contributed by atoms with van der Waals surface area (Å²) in [5.74, 6) is 0. The smallest absolute Gasteiger partial charge is 0.0439 e. The minimum atomic E-state index is 1.20. The van der Waals surface area contributed by atoms with Crippen LogP contribution in [-0.4, -0.2) is 13.1 Å². The summed E-state index contributed by atoms with van der Waals surface area (Å²) in [7, 11) is 0. The highest BCUT2D eigenvalue weighted by molar-refractivity contribution is 5.66. The van der Waals surface area contributed by atoms with Crippen molar-refractivity contribution in [3.05, 3.63) is 36.4 Å². The van der Waals surface area contributed by atoms with Gasteiger partial charge in [-0.25, -0.2) is 0 Å². The molecule has 3 heteroatoms. The van der Waals surface area contributed by atoms with Gasteiger partial charge in [-0.3, -0.25) is 0 Å². The Morgan fingerprint density at radius 1 is 1.13 bits per heavy atom. The number of hydrogen-bond donors (Lipinski definition) is 0. The molecule has 1 heterocycles. The van der Waals surface area contributed by atoms with E-state index in [-0.39, 0.29) is 0 Å². The topological polar surface area (TPSA) is 50.8 Å². The molecule has 0 radical (unpaired) electrons. The van der Waals surface area contributed by atoms with Gasteiger partial charge in [0.05, 0.1) is 0 Å². The van der Waals surface area contributed by atoms with Crippen LogP contribution in [0.5, 0.6) is 0 Å². The van der Waals surface area contributed by atoms with Gasteiger partial charge in [0.25, 0.3) is 0 Å². The van der Waals surface area contributed by atoms with Gasteiger partial charge < -0.3 is 4.90 Å². The maximum atomic E-state index is 6.00. The second-order valence-electron chi connectivity index (χ2n) is 3.46. The van der Waals surface area contributed by atoms with E-state index >= 15 is 0 Å². The quantitative estimate of drug-likeness (QED) is 0.691. The van der Waals surface area contributed by atoms with Crippen molar-refractivity contribution in [3.63, 3.8) is 0 Å². The van der Waals surface area contributed by atoms with Gasteiger partial charge in [0.2, 0.25) is 0 Å². The first-order valence-corrected chi connectivity index (χ1v) is 5.08. The molecule has 0 bridgehead atoms. The molecule has 1 aliphatic heterocycles. The fourth-order valence-electron chi connectivity index (χ4n) is 1.91. The van der Waals surface area contributed by atoms with Crippen LogP contribution < -0.4 is 4.90 Å². The fourth-order valence-corrected chi connectivity index (χ4v) is 1.91. The number of anilines is 1. The lowest BCUT2D eigenvalue weighted by atomic mass is 10.1. The third kappa shape index (κ3) is 2.57. The van der Waals surface area contributed by atoms with Crippen LogP contribution in [-0.2, 0) is 0 Å². The standard InChI is InChI=1S/C12H15N.N2/c1-2-11-7-3-4-8-12(11)13-9-5-6-10-13;1-2/h2-4,7-8H,1,5-6,9-10H2;. The highest BCUT2D eigenvalue weighted by Gasteiger charge is 2.13. The number of nitrogens with zero attached hydrogens (tertiary/aromatic N) is 3. The molecule has 0 saturated carbocycles. The lowest BCUT2D eigenvalue weighted by Crippen LogP contribution is -2.18. The van der Waals surface area contributed by atoms with Crippen LogP contribution in [0.1, 0.15) is 18.4 Å². The molecule has 0 unspecified atom stereocenters. The molecule has 0 aromatic heterocycles. The van der Waals surface area contributed by atoms with Crippen LogP contribution in [0, 0.1) is 10.8 Å². The van der Waals surface area contributed by atoms with E-state index < -0.39 is 0 Å². The Morgan fingerprint density at radius 2 is 1.73 bits per heavy atom. The molecule has 0 atom stereocenters. The summed E-state index contributed by atoms with van der Waals surface area (Å²) in [6.45, 7) is 6.23. The summed E-state index contributed by atoms with van der Waals surface area (Å²) in [5, 5.41) is 12.0. The third-order valence-electron chi connectivity index (χ3n) is 2.60. The minimum absolute atomic E-state index is 1.20. The zero-order chi connectivity index (χ0) is 11.1. The lowest BCUT2D eigenvalue weighted by Gasteiger charge is -2.19. The zero-order valence-corrected chi connectivity index (χ0v) is 8.76. The first-order valence-electron chi connectivity index (χ1n) is 5.08. The molecule has 1 aromatic carbocycles. The van der Waals surface area contributed by atoms with E-state index in [9.17, 15) is 0 Å². The second-order valence-corrected chi connectivity index (χ2v) is 3.46. The Morgan fingerprint density at radius 3 is 2.33 bits per heavy atom. The van der Waals surface area contributed by atoms with Crippen LogP contribution in [0.3, 0.4) is 0 Å². The molecule has 1 aromatic rings. The monoisotopic (exact) mass is 201 g/mol. The molecule has 0 spiro atoms. The average molecular weight is 201 g/mol. The normalized spacial score (nSPS) is 14.1. The van der Waals surface area contributed by atoms with Gasteiger partial charge in [-0.2, -0.15) is 0 Å². The number of benzene rings is 1. The zero-order valence-electron chi connectivity index (χ0n) is 8.76. The molecule has 15 heavy (non-hydrogen) atoms. The summed E-state index contributed by atoms with van der Waals surface area (Å²) in [4.78, 5) is 2.44. The van der Waals surface area contributed by atoms with Gasteiger partial charge in [-0.1, -0.05) is 30.9 Å². The first-order chi connectivity index (χ1) is 7.42. The van der Waals surface area contributed by atoms with Crippen LogP contribution >= 0.6 is 0 Å². The molecular formula is C12H15N3. The number of rotatable bonds is 2. The molecule has 3 nitrogen and oxygen atoms in total. The summed E-state index contributed by atoms with van der Waals surface area (Å²) in [6, 6.07) is 8.47. The van der Waals surface area contributed by atoms with E-state index in [0.29, 0.717) is 0 Å². The first kappa shape index (κ1) is 11.3. The molecule has 78 valence electrons. The van der Waals surface area contributed by atoms with E-state index in [1.54, 1.807) is 0 Å². The number of hydrogen-bond acceptors (Lipinski definition) is 3. The van der Waals surface area contributed by atoms with Crippen molar-refractivity contribution in [2.75, 3.05) is 18.0 Å². The predicted octanol–water partition coefficient (Wildman–Crippen LogP) is 2.96. The maximum absolute atomic E-state index is 6.00. The van der Waals surface area contributed by atoms with Gasteiger partial charge in [0.15, 0.2) is 0 Å². The summed E-state index contributed by atoms with van der Waals surface area (Å²) in [6.07, 6.45) is 4.59. The van der Waals surface area contributed by atoms with Gasteiger partial charge in [0.1, 0.15) is 0 Å². The molecule has 1 saturated heterocycles. The summed E-state index contributed by atoms with van der Waals surface area (Å²) < 4.78 is 0. The summed E-state index contributed by atoms with van der Waals surface area (Å²) >= 11 is 0. The van der Waals surface area contributed by atoms with Crippen molar-refractivity contribution in [1.82, 2.24) is 0 Å². The maximum Gasteiger partial charge on any atom is 0.0439 e. The average Bonchev–Trinajstić information content (AvgIpc) is 2.85. The SMILES string of the molecule is C=Cc1ccccc1N1CCCC1.N#N. The minimum Gasteiger partial charge on any atom is -0.371 e. The van der Waals surface area contributed by atoms with E-state index in [2.05, 4.69) is 35.7 Å². The van der Waals surface area contributed by atoms with Crippen LogP contribution in [0.4, 0.5) is 5.69 Å². The molecule has 1 aliphatic rings. The molecular weight excluding hydrogens is 186 g/mol. The largest absolute Gasteiger partial charge is 0.371 e. The van der Waals surface area contributed by atoms with Crippen LogP contribution in [0.25, 0.3) is 6.08 Å². The van der Waals surface area contributed by atoms with E-state index in [1.807, 2.05) is 6.08 Å². The van der Waals surface area contributed by atoms with Gasteiger partial charge in [-0.05, 0) is 24.5 Å². The Balaban J connectivity index is 0.000000531. The van der Waals surface area contributed by atoms with Crippen molar-refractivity contribution in [2.45, 2.75) is 12.8 Å². The van der Waals surface area contributed by atoms with Gasteiger partial charge in [-0.15, -0.1) is 0 Å². The highest BCUT2D eigenvalue weighted by atomic mass is 15.1. The van der Waals surface area contributed by atoms with Crippen molar-refractivity contribution >= 4 is 11.8 Å². The van der Waals surface area contributed by atoms with Gasteiger partial charge >= 0.3 is 0 Å². The van der Waals surface area contributed by atoms with E-state index in [1.165, 1.54) is 37.2 Å². The summed E-state index contributed by atoms with van der Waals surface area (Å²) in [5.41, 5.74) is 2.60. The predicted molar refractivity (Wildman–Crippen MR) is 61.4 cm³/mol. The number of para-hydroxylation sites is 1. The van der Waals surface area contributed by atoms with Crippen molar-refractivity contribution < 1.29 is 0 Å². The van der Waals surface area contributed by atoms with E-state index in [0.717, 1.165) is 0 Å². The Labute approximate surface area is 90.4 Å². The molecule has 0 N–H and O–H groups in total. The Bertz CT molecular complexity index is 338. The highest BCUT2D eigenvalue weighted by Crippen LogP contribution is 2.24. The molecule has 1 fully saturated rings. The third-order valence-corrected chi connectivity index (χ3v) is 2.60. The van der Waals surface area contributed by atoms with Crippen molar-refractivity contribution in [1.29, 1.82) is 10.8 Å². The van der Waals surface area contributed by atoms with Crippen LogP contribution in [0.2, 0.25) is 0 Å². The van der Waals surface area contributed by atoms with E-state index in [4.69, 9.17) is 10.8 Å². The Hall–Kier alpha value is -1.82. The second kappa shape index (κ2) is 5.82. The molecule has 0 aliphatic carbocycles. The van der Waals surface area contributed by atoms with Crippen LogP contribution in [0.15, 0.2) is 30.8 Å².